The Labute approximate surface area is 167 Å². The van der Waals surface area contributed by atoms with Crippen molar-refractivity contribution in [3.05, 3.63) is 50.9 Å². The fraction of sp³-hybridized carbons (Fsp3) is 0.176. The number of nitrogens with one attached hydrogen (secondary N) is 1. The van der Waals surface area contributed by atoms with Gasteiger partial charge in [0.15, 0.2) is 5.13 Å². The Morgan fingerprint density at radius 1 is 1.20 bits per heavy atom. The molecule has 0 saturated carbocycles. The van der Waals surface area contributed by atoms with E-state index in [0.717, 1.165) is 14.7 Å². The van der Waals surface area contributed by atoms with Gasteiger partial charge in [0.1, 0.15) is 5.75 Å². The van der Waals surface area contributed by atoms with Gasteiger partial charge in [0.25, 0.3) is 0 Å². The van der Waals surface area contributed by atoms with Crippen LogP contribution in [0.15, 0.2) is 40.9 Å². The molecule has 3 rings (SSSR count). The average Bonchev–Trinajstić information content (AvgIpc) is 2.94. The van der Waals surface area contributed by atoms with E-state index in [1.165, 1.54) is 11.3 Å². The zero-order valence-corrected chi connectivity index (χ0v) is 16.8. The second kappa shape index (κ2) is 8.36. The molecule has 4 nitrogen and oxygen atoms in total. The molecule has 1 aromatic heterocycles. The molecule has 0 fully saturated rings. The molecule has 1 heterocycles. The molecule has 0 spiro atoms. The molecule has 0 aliphatic rings. The standard InChI is InChI=1S/C17H13BrCl2N2O2S/c18-12-8-10(19)4-6-14(12)24-7-1-2-16(23)22-17-21-13-5-3-11(20)9-15(13)25-17/h3-6,8-9H,1-2,7H2,(H,21,22,23). The molecule has 0 bridgehead atoms. The highest BCUT2D eigenvalue weighted by molar-refractivity contribution is 9.10. The number of hydrogen-bond acceptors (Lipinski definition) is 4. The summed E-state index contributed by atoms with van der Waals surface area (Å²) in [5, 5.41) is 4.67. The van der Waals surface area contributed by atoms with Crippen molar-refractivity contribution in [3.8, 4) is 5.75 Å². The van der Waals surface area contributed by atoms with Crippen LogP contribution in [-0.4, -0.2) is 17.5 Å². The second-order valence-corrected chi connectivity index (χ2v) is 7.96. The summed E-state index contributed by atoms with van der Waals surface area (Å²) in [5.41, 5.74) is 0.820. The van der Waals surface area contributed by atoms with Crippen LogP contribution in [0.2, 0.25) is 10.0 Å². The number of rotatable bonds is 6. The van der Waals surface area contributed by atoms with Gasteiger partial charge >= 0.3 is 0 Å². The molecule has 0 unspecified atom stereocenters. The summed E-state index contributed by atoms with van der Waals surface area (Å²) in [5.74, 6) is 0.608. The summed E-state index contributed by atoms with van der Waals surface area (Å²) in [6.07, 6.45) is 0.944. The van der Waals surface area contributed by atoms with Gasteiger partial charge in [-0.3, -0.25) is 4.79 Å². The van der Waals surface area contributed by atoms with Crippen LogP contribution < -0.4 is 10.1 Å². The van der Waals surface area contributed by atoms with Crippen molar-refractivity contribution in [1.82, 2.24) is 4.98 Å². The van der Waals surface area contributed by atoms with Crippen molar-refractivity contribution in [2.45, 2.75) is 12.8 Å². The number of carbonyl (C=O) groups excluding carboxylic acids is 1. The normalized spacial score (nSPS) is 10.8. The number of hydrogen-bond donors (Lipinski definition) is 1. The number of carbonyl (C=O) groups is 1. The smallest absolute Gasteiger partial charge is 0.226 e. The maximum absolute atomic E-state index is 12.0. The summed E-state index contributed by atoms with van der Waals surface area (Å²) in [6, 6.07) is 10.8. The van der Waals surface area contributed by atoms with Crippen LogP contribution in [0.1, 0.15) is 12.8 Å². The number of thiazole rings is 1. The van der Waals surface area contributed by atoms with E-state index in [2.05, 4.69) is 26.2 Å². The predicted molar refractivity (Wildman–Crippen MR) is 107 cm³/mol. The second-order valence-electron chi connectivity index (χ2n) is 5.21. The van der Waals surface area contributed by atoms with Crippen LogP contribution in [0.4, 0.5) is 5.13 Å². The summed E-state index contributed by atoms with van der Waals surface area (Å²) < 4.78 is 7.37. The van der Waals surface area contributed by atoms with E-state index in [0.29, 0.717) is 40.4 Å². The molecule has 0 aliphatic carbocycles. The molecule has 0 saturated heterocycles. The zero-order valence-electron chi connectivity index (χ0n) is 12.9. The first-order valence-corrected chi connectivity index (χ1v) is 9.81. The van der Waals surface area contributed by atoms with Gasteiger partial charge in [-0.2, -0.15) is 0 Å². The Morgan fingerprint density at radius 3 is 2.76 bits per heavy atom. The minimum atomic E-state index is -0.0936. The topological polar surface area (TPSA) is 51.2 Å². The molecule has 8 heteroatoms. The molecule has 1 N–H and O–H groups in total. The van der Waals surface area contributed by atoms with Crippen molar-refractivity contribution < 1.29 is 9.53 Å². The van der Waals surface area contributed by atoms with Crippen LogP contribution in [0.3, 0.4) is 0 Å². The number of halogens is 3. The van der Waals surface area contributed by atoms with Gasteiger partial charge in [-0.15, -0.1) is 0 Å². The van der Waals surface area contributed by atoms with Gasteiger partial charge in [0.2, 0.25) is 5.91 Å². The van der Waals surface area contributed by atoms with E-state index in [9.17, 15) is 4.79 Å². The zero-order chi connectivity index (χ0) is 17.8. The molecular weight excluding hydrogens is 447 g/mol. The number of amides is 1. The Bertz CT molecular complexity index is 917. The van der Waals surface area contributed by atoms with Gasteiger partial charge in [-0.05, 0) is 58.7 Å². The Balaban J connectivity index is 1.47. The highest BCUT2D eigenvalue weighted by atomic mass is 79.9. The first-order valence-electron chi connectivity index (χ1n) is 7.45. The maximum Gasteiger partial charge on any atom is 0.226 e. The van der Waals surface area contributed by atoms with Crippen LogP contribution in [-0.2, 0) is 4.79 Å². The summed E-state index contributed by atoms with van der Waals surface area (Å²) in [6.45, 7) is 0.434. The van der Waals surface area contributed by atoms with E-state index >= 15 is 0 Å². The third-order valence-electron chi connectivity index (χ3n) is 3.30. The minimum Gasteiger partial charge on any atom is -0.492 e. The average molecular weight is 460 g/mol. The van der Waals surface area contributed by atoms with Gasteiger partial charge in [0, 0.05) is 16.5 Å². The van der Waals surface area contributed by atoms with Crippen molar-refractivity contribution in [2.75, 3.05) is 11.9 Å². The lowest BCUT2D eigenvalue weighted by molar-refractivity contribution is -0.116. The maximum atomic E-state index is 12.0. The monoisotopic (exact) mass is 458 g/mol. The minimum absolute atomic E-state index is 0.0936. The third-order valence-corrected chi connectivity index (χ3v) is 5.32. The lowest BCUT2D eigenvalue weighted by atomic mass is 10.3. The number of ether oxygens (including phenoxy) is 1. The first kappa shape index (κ1) is 18.5. The summed E-state index contributed by atoms with van der Waals surface area (Å²) in [7, 11) is 0. The van der Waals surface area contributed by atoms with Crippen molar-refractivity contribution in [1.29, 1.82) is 0 Å². The summed E-state index contributed by atoms with van der Waals surface area (Å²) >= 11 is 16.6. The number of benzene rings is 2. The number of aromatic nitrogens is 1. The molecule has 2 aromatic carbocycles. The number of fused-ring (bicyclic) bond motifs is 1. The lowest BCUT2D eigenvalue weighted by Crippen LogP contribution is -2.12. The Morgan fingerprint density at radius 2 is 1.96 bits per heavy atom. The molecule has 3 aromatic rings. The van der Waals surface area contributed by atoms with Crippen LogP contribution >= 0.6 is 50.5 Å². The molecular formula is C17H13BrCl2N2O2S. The lowest BCUT2D eigenvalue weighted by Gasteiger charge is -2.08. The number of nitrogens with zero attached hydrogens (tertiary/aromatic N) is 1. The third kappa shape index (κ3) is 5.07. The molecule has 0 aliphatic heterocycles. The first-order chi connectivity index (χ1) is 12.0. The Hall–Kier alpha value is -1.34. The molecule has 25 heavy (non-hydrogen) atoms. The molecule has 0 radical (unpaired) electrons. The predicted octanol–water partition coefficient (Wildman–Crippen LogP) is 6.16. The fourth-order valence-corrected chi connectivity index (χ4v) is 4.10. The van der Waals surface area contributed by atoms with Crippen LogP contribution in [0.5, 0.6) is 5.75 Å². The SMILES string of the molecule is O=C(CCCOc1ccc(Cl)cc1Br)Nc1nc2ccc(Cl)cc2s1. The van der Waals surface area contributed by atoms with E-state index < -0.39 is 0 Å². The van der Waals surface area contributed by atoms with Gasteiger partial charge in [0.05, 0.1) is 21.3 Å². The van der Waals surface area contributed by atoms with Crippen molar-refractivity contribution in [2.24, 2.45) is 0 Å². The van der Waals surface area contributed by atoms with E-state index in [1.54, 1.807) is 24.3 Å². The Kier molecular flexibility index (Phi) is 6.17. The quantitative estimate of drug-likeness (QED) is 0.449. The van der Waals surface area contributed by atoms with Crippen molar-refractivity contribution >= 4 is 71.7 Å². The molecule has 0 atom stereocenters. The van der Waals surface area contributed by atoms with Gasteiger partial charge in [-0.1, -0.05) is 34.5 Å². The van der Waals surface area contributed by atoms with Gasteiger partial charge in [-0.25, -0.2) is 4.98 Å². The van der Waals surface area contributed by atoms with E-state index in [-0.39, 0.29) is 5.91 Å². The highest BCUT2D eigenvalue weighted by Gasteiger charge is 2.09. The summed E-state index contributed by atoms with van der Waals surface area (Å²) in [4.78, 5) is 16.4. The van der Waals surface area contributed by atoms with Gasteiger partial charge < -0.3 is 10.1 Å². The highest BCUT2D eigenvalue weighted by Crippen LogP contribution is 2.29. The fourth-order valence-electron chi connectivity index (χ4n) is 2.14. The molecule has 1 amide bonds. The number of anilines is 1. The van der Waals surface area contributed by atoms with Crippen LogP contribution in [0, 0.1) is 0 Å². The van der Waals surface area contributed by atoms with E-state index in [4.69, 9.17) is 27.9 Å². The van der Waals surface area contributed by atoms with Crippen LogP contribution in [0.25, 0.3) is 10.2 Å². The molecule has 130 valence electrons. The largest absolute Gasteiger partial charge is 0.492 e. The van der Waals surface area contributed by atoms with Crippen molar-refractivity contribution in [3.63, 3.8) is 0 Å². The van der Waals surface area contributed by atoms with E-state index in [1.807, 2.05) is 12.1 Å².